The minimum absolute atomic E-state index is 0.194. The summed E-state index contributed by atoms with van der Waals surface area (Å²) in [5.74, 6) is 0.504. The van der Waals surface area contributed by atoms with Gasteiger partial charge in [-0.1, -0.05) is 0 Å². The number of nitrogens with zero attached hydrogens (tertiary/aromatic N) is 1. The Bertz CT molecular complexity index is 377. The molecule has 0 aromatic rings. The summed E-state index contributed by atoms with van der Waals surface area (Å²) in [6, 6.07) is 0.539. The van der Waals surface area contributed by atoms with E-state index in [2.05, 4.69) is 12.2 Å². The van der Waals surface area contributed by atoms with Crippen LogP contribution < -0.4 is 5.32 Å². The van der Waals surface area contributed by atoms with Crippen molar-refractivity contribution in [3.8, 4) is 0 Å². The van der Waals surface area contributed by atoms with Gasteiger partial charge < -0.3 is 20.1 Å². The van der Waals surface area contributed by atoms with Gasteiger partial charge in [-0.05, 0) is 65.7 Å². The lowest BCUT2D eigenvalue weighted by molar-refractivity contribution is 0.0213. The Morgan fingerprint density at radius 2 is 2.05 bits per heavy atom. The first-order valence-corrected chi connectivity index (χ1v) is 8.67. The largest absolute Gasteiger partial charge is 0.444 e. The molecule has 5 nitrogen and oxygen atoms in total. The van der Waals surface area contributed by atoms with Crippen LogP contribution in [0.2, 0.25) is 0 Å². The van der Waals surface area contributed by atoms with Crippen molar-refractivity contribution >= 4 is 6.09 Å². The van der Waals surface area contributed by atoms with E-state index >= 15 is 0 Å². The molecule has 128 valence electrons. The van der Waals surface area contributed by atoms with Crippen molar-refractivity contribution in [1.82, 2.24) is 10.2 Å². The number of likely N-dealkylation sites (tertiary alicyclic amines) is 1. The van der Waals surface area contributed by atoms with Gasteiger partial charge in [0.1, 0.15) is 5.60 Å². The van der Waals surface area contributed by atoms with Crippen LogP contribution in [0.15, 0.2) is 0 Å². The topological polar surface area (TPSA) is 61.8 Å². The molecule has 22 heavy (non-hydrogen) atoms. The lowest BCUT2D eigenvalue weighted by Gasteiger charge is -2.30. The summed E-state index contributed by atoms with van der Waals surface area (Å²) in [5.41, 5.74) is -0.442. The molecule has 2 rings (SSSR count). The fourth-order valence-electron chi connectivity index (χ4n) is 3.10. The van der Waals surface area contributed by atoms with E-state index in [9.17, 15) is 9.90 Å². The van der Waals surface area contributed by atoms with Crippen molar-refractivity contribution in [1.29, 1.82) is 0 Å². The number of carbonyl (C=O) groups is 1. The van der Waals surface area contributed by atoms with Crippen molar-refractivity contribution in [2.24, 2.45) is 5.92 Å². The van der Waals surface area contributed by atoms with Gasteiger partial charge in [0.2, 0.25) is 0 Å². The Labute approximate surface area is 134 Å². The van der Waals surface area contributed by atoms with Crippen LogP contribution in [0.3, 0.4) is 0 Å². The summed E-state index contributed by atoms with van der Waals surface area (Å²) in [6.07, 6.45) is 4.90. The Morgan fingerprint density at radius 3 is 2.64 bits per heavy atom. The highest BCUT2D eigenvalue weighted by Gasteiger charge is 2.33. The maximum atomic E-state index is 12.3. The van der Waals surface area contributed by atoms with Gasteiger partial charge in [-0.15, -0.1) is 0 Å². The molecule has 2 fully saturated rings. The lowest BCUT2D eigenvalue weighted by atomic mass is 10.1. The number of hydrogen-bond donors (Lipinski definition) is 2. The molecule has 2 aliphatic rings. The number of hydrogen-bond acceptors (Lipinski definition) is 4. The number of ether oxygens (including phenoxy) is 1. The Kier molecular flexibility index (Phi) is 5.72. The standard InChI is InChI=1S/C17H32N2O3/c1-12(18-11-15(20)13-7-8-13)10-14-6-5-9-19(14)16(21)22-17(2,3)4/h12-15,18,20H,5-11H2,1-4H3. The highest BCUT2D eigenvalue weighted by atomic mass is 16.6. The summed E-state index contributed by atoms with van der Waals surface area (Å²) in [6.45, 7) is 9.28. The first kappa shape index (κ1) is 17.5. The number of aliphatic hydroxyl groups excluding tert-OH is 1. The number of rotatable bonds is 6. The number of amides is 1. The normalized spacial score (nSPS) is 25.1. The molecule has 3 unspecified atom stereocenters. The highest BCUT2D eigenvalue weighted by molar-refractivity contribution is 5.68. The molecule has 1 aliphatic carbocycles. The zero-order chi connectivity index (χ0) is 16.3. The van der Waals surface area contributed by atoms with Crippen molar-refractivity contribution in [3.05, 3.63) is 0 Å². The predicted molar refractivity (Wildman–Crippen MR) is 86.8 cm³/mol. The average Bonchev–Trinajstić information content (AvgIpc) is 3.14. The van der Waals surface area contributed by atoms with Gasteiger partial charge in [0, 0.05) is 25.2 Å². The van der Waals surface area contributed by atoms with Crippen molar-refractivity contribution in [2.75, 3.05) is 13.1 Å². The molecule has 0 bridgehead atoms. The SMILES string of the molecule is CC(CC1CCCN1C(=O)OC(C)(C)C)NCC(O)C1CC1. The molecular weight excluding hydrogens is 280 g/mol. The minimum Gasteiger partial charge on any atom is -0.444 e. The van der Waals surface area contributed by atoms with Crippen molar-refractivity contribution in [3.63, 3.8) is 0 Å². The predicted octanol–water partition coefficient (Wildman–Crippen LogP) is 2.53. The first-order valence-electron chi connectivity index (χ1n) is 8.67. The van der Waals surface area contributed by atoms with Crippen LogP contribution in [0.25, 0.3) is 0 Å². The molecule has 0 aromatic carbocycles. The number of carbonyl (C=O) groups excluding carboxylic acids is 1. The molecule has 1 heterocycles. The summed E-state index contributed by atoms with van der Waals surface area (Å²) in [7, 11) is 0. The van der Waals surface area contributed by atoms with Crippen LogP contribution in [0.4, 0.5) is 4.79 Å². The van der Waals surface area contributed by atoms with Crippen molar-refractivity contribution in [2.45, 2.75) is 83.6 Å². The number of aliphatic hydroxyl groups is 1. The summed E-state index contributed by atoms with van der Waals surface area (Å²) in [4.78, 5) is 14.1. The Balaban J connectivity index is 1.76. The van der Waals surface area contributed by atoms with Crippen LogP contribution in [0.1, 0.15) is 59.8 Å². The molecule has 1 aliphatic heterocycles. The first-order chi connectivity index (χ1) is 10.3. The molecule has 1 saturated heterocycles. The van der Waals surface area contributed by atoms with Gasteiger partial charge in [0.15, 0.2) is 0 Å². The second-order valence-electron chi connectivity index (χ2n) is 7.92. The fourth-order valence-corrected chi connectivity index (χ4v) is 3.10. The van der Waals surface area contributed by atoms with E-state index < -0.39 is 5.60 Å². The molecule has 3 atom stereocenters. The van der Waals surface area contributed by atoms with Crippen LogP contribution in [0, 0.1) is 5.92 Å². The third kappa shape index (κ3) is 5.43. The van der Waals surface area contributed by atoms with E-state index in [4.69, 9.17) is 4.74 Å². The van der Waals surface area contributed by atoms with E-state index in [1.807, 2.05) is 25.7 Å². The monoisotopic (exact) mass is 312 g/mol. The average molecular weight is 312 g/mol. The van der Waals surface area contributed by atoms with Gasteiger partial charge >= 0.3 is 6.09 Å². The van der Waals surface area contributed by atoms with Gasteiger partial charge in [-0.3, -0.25) is 0 Å². The summed E-state index contributed by atoms with van der Waals surface area (Å²) >= 11 is 0. The smallest absolute Gasteiger partial charge is 0.410 e. The fraction of sp³-hybridized carbons (Fsp3) is 0.941. The van der Waals surface area contributed by atoms with Crippen LogP contribution in [-0.2, 0) is 4.74 Å². The van der Waals surface area contributed by atoms with Gasteiger partial charge in [-0.2, -0.15) is 0 Å². The zero-order valence-electron chi connectivity index (χ0n) is 14.5. The van der Waals surface area contributed by atoms with E-state index in [-0.39, 0.29) is 18.2 Å². The second kappa shape index (κ2) is 7.18. The van der Waals surface area contributed by atoms with E-state index in [1.54, 1.807) is 0 Å². The van der Waals surface area contributed by atoms with Crippen LogP contribution in [-0.4, -0.2) is 53.0 Å². The van der Waals surface area contributed by atoms with Crippen molar-refractivity contribution < 1.29 is 14.6 Å². The van der Waals surface area contributed by atoms with Crippen LogP contribution in [0.5, 0.6) is 0 Å². The van der Waals surface area contributed by atoms with Crippen LogP contribution >= 0.6 is 0 Å². The third-order valence-corrected chi connectivity index (χ3v) is 4.47. The maximum absolute atomic E-state index is 12.3. The number of nitrogens with one attached hydrogen (secondary N) is 1. The van der Waals surface area contributed by atoms with E-state index in [0.29, 0.717) is 18.5 Å². The summed E-state index contributed by atoms with van der Waals surface area (Å²) < 4.78 is 5.50. The molecule has 0 spiro atoms. The molecular formula is C17H32N2O3. The zero-order valence-corrected chi connectivity index (χ0v) is 14.5. The third-order valence-electron chi connectivity index (χ3n) is 4.47. The highest BCUT2D eigenvalue weighted by Crippen LogP contribution is 2.32. The van der Waals surface area contributed by atoms with Gasteiger partial charge in [0.05, 0.1) is 6.10 Å². The van der Waals surface area contributed by atoms with Gasteiger partial charge in [-0.25, -0.2) is 4.79 Å². The lowest BCUT2D eigenvalue weighted by Crippen LogP contribution is -2.43. The molecule has 0 radical (unpaired) electrons. The molecule has 1 saturated carbocycles. The minimum atomic E-state index is -0.442. The van der Waals surface area contributed by atoms with E-state index in [1.165, 1.54) is 0 Å². The summed E-state index contributed by atoms with van der Waals surface area (Å²) in [5, 5.41) is 13.3. The second-order valence-corrected chi connectivity index (χ2v) is 7.92. The molecule has 1 amide bonds. The maximum Gasteiger partial charge on any atom is 0.410 e. The molecule has 2 N–H and O–H groups in total. The Morgan fingerprint density at radius 1 is 1.36 bits per heavy atom. The molecule has 5 heteroatoms. The quantitative estimate of drug-likeness (QED) is 0.791. The Hall–Kier alpha value is -0.810. The van der Waals surface area contributed by atoms with Gasteiger partial charge in [0.25, 0.3) is 0 Å². The van der Waals surface area contributed by atoms with E-state index in [0.717, 1.165) is 38.6 Å². The molecule has 0 aromatic heterocycles.